The van der Waals surface area contributed by atoms with Crippen molar-refractivity contribution < 1.29 is 4.79 Å². The van der Waals surface area contributed by atoms with Crippen molar-refractivity contribution >= 4 is 16.7 Å². The molecule has 1 aromatic carbocycles. The van der Waals surface area contributed by atoms with Gasteiger partial charge in [0, 0.05) is 23.9 Å². The second kappa shape index (κ2) is 4.69. The zero-order chi connectivity index (χ0) is 13.5. The maximum atomic E-state index is 12.6. The third-order valence-corrected chi connectivity index (χ3v) is 5.26. The van der Waals surface area contributed by atoms with Crippen molar-refractivity contribution in [2.45, 2.75) is 32.1 Å². The lowest BCUT2D eigenvalue weighted by Crippen LogP contribution is -2.22. The van der Waals surface area contributed by atoms with Gasteiger partial charge in [0.15, 0.2) is 0 Å². The SMILES string of the molecule is O=C(Cc1ccnc2ccccc12)C1CC2CCC1C2. The molecule has 4 rings (SSSR count). The van der Waals surface area contributed by atoms with Gasteiger partial charge in [0.1, 0.15) is 5.78 Å². The highest BCUT2D eigenvalue weighted by Crippen LogP contribution is 2.48. The summed E-state index contributed by atoms with van der Waals surface area (Å²) in [5.41, 5.74) is 2.13. The summed E-state index contributed by atoms with van der Waals surface area (Å²) >= 11 is 0. The number of fused-ring (bicyclic) bond motifs is 3. The topological polar surface area (TPSA) is 30.0 Å². The number of ketones is 1. The molecule has 2 saturated carbocycles. The average molecular weight is 265 g/mol. The van der Waals surface area contributed by atoms with E-state index in [1.165, 1.54) is 19.3 Å². The van der Waals surface area contributed by atoms with Gasteiger partial charge in [-0.05, 0) is 48.8 Å². The molecule has 0 N–H and O–H groups in total. The van der Waals surface area contributed by atoms with Gasteiger partial charge in [0.05, 0.1) is 5.52 Å². The van der Waals surface area contributed by atoms with E-state index in [9.17, 15) is 4.79 Å². The highest BCUT2D eigenvalue weighted by atomic mass is 16.1. The number of Topliss-reactive ketones (excluding diaryl/α,β-unsaturated/α-hetero) is 1. The molecule has 2 bridgehead atoms. The Morgan fingerprint density at radius 2 is 2.05 bits per heavy atom. The number of nitrogens with zero attached hydrogens (tertiary/aromatic N) is 1. The number of carbonyl (C=O) groups excluding carboxylic acids is 1. The molecule has 2 nitrogen and oxygen atoms in total. The van der Waals surface area contributed by atoms with Crippen LogP contribution in [0.3, 0.4) is 0 Å². The molecular weight excluding hydrogens is 246 g/mol. The molecule has 2 aliphatic rings. The summed E-state index contributed by atoms with van der Waals surface area (Å²) < 4.78 is 0. The van der Waals surface area contributed by atoms with Crippen LogP contribution in [-0.4, -0.2) is 10.8 Å². The Balaban J connectivity index is 1.60. The van der Waals surface area contributed by atoms with Gasteiger partial charge in [-0.2, -0.15) is 0 Å². The number of carbonyl (C=O) groups is 1. The van der Waals surface area contributed by atoms with Crippen LogP contribution >= 0.6 is 0 Å². The number of pyridine rings is 1. The first-order valence-electron chi connectivity index (χ1n) is 7.66. The van der Waals surface area contributed by atoms with Crippen molar-refractivity contribution in [3.63, 3.8) is 0 Å². The number of rotatable bonds is 3. The minimum Gasteiger partial charge on any atom is -0.299 e. The molecule has 0 saturated heterocycles. The fraction of sp³-hybridized carbons (Fsp3) is 0.444. The van der Waals surface area contributed by atoms with Crippen molar-refractivity contribution in [1.82, 2.24) is 4.98 Å². The summed E-state index contributed by atoms with van der Waals surface area (Å²) in [4.78, 5) is 17.0. The summed E-state index contributed by atoms with van der Waals surface area (Å²) in [6.07, 6.45) is 7.48. The van der Waals surface area contributed by atoms with Crippen LogP contribution < -0.4 is 0 Å². The molecule has 2 aromatic rings. The average Bonchev–Trinajstić information content (AvgIpc) is 3.10. The molecule has 2 heteroatoms. The normalized spacial score (nSPS) is 28.1. The number of para-hydroxylation sites is 1. The first-order chi connectivity index (χ1) is 9.81. The summed E-state index contributed by atoms with van der Waals surface area (Å²) in [6.45, 7) is 0. The Kier molecular flexibility index (Phi) is 2.83. The van der Waals surface area contributed by atoms with Crippen LogP contribution in [0.1, 0.15) is 31.2 Å². The van der Waals surface area contributed by atoms with Crippen molar-refractivity contribution in [3.05, 3.63) is 42.1 Å². The summed E-state index contributed by atoms with van der Waals surface area (Å²) in [7, 11) is 0. The van der Waals surface area contributed by atoms with Crippen LogP contribution in [0.2, 0.25) is 0 Å². The van der Waals surface area contributed by atoms with Crippen LogP contribution in [0, 0.1) is 17.8 Å². The van der Waals surface area contributed by atoms with Crippen LogP contribution in [0.15, 0.2) is 36.5 Å². The molecule has 0 aliphatic heterocycles. The predicted octanol–water partition coefficient (Wildman–Crippen LogP) is 3.78. The fourth-order valence-corrected chi connectivity index (χ4v) is 4.27. The van der Waals surface area contributed by atoms with E-state index in [4.69, 9.17) is 0 Å². The summed E-state index contributed by atoms with van der Waals surface area (Å²) in [5.74, 6) is 2.30. The minimum atomic E-state index is 0.334. The van der Waals surface area contributed by atoms with E-state index < -0.39 is 0 Å². The molecule has 0 amide bonds. The maximum Gasteiger partial charge on any atom is 0.140 e. The summed E-state index contributed by atoms with van der Waals surface area (Å²) in [6, 6.07) is 10.1. The standard InChI is InChI=1S/C18H19NO/c20-18(16-10-12-5-6-13(16)9-12)11-14-7-8-19-17-4-2-1-3-15(14)17/h1-4,7-8,12-13,16H,5-6,9-11H2. The molecular formula is C18H19NO. The predicted molar refractivity (Wildman–Crippen MR) is 79.4 cm³/mol. The Morgan fingerprint density at radius 3 is 2.85 bits per heavy atom. The van der Waals surface area contributed by atoms with Crippen LogP contribution in [0.4, 0.5) is 0 Å². The highest BCUT2D eigenvalue weighted by molar-refractivity contribution is 5.90. The number of benzene rings is 1. The zero-order valence-electron chi connectivity index (χ0n) is 11.6. The fourth-order valence-electron chi connectivity index (χ4n) is 4.27. The van der Waals surface area contributed by atoms with E-state index in [-0.39, 0.29) is 0 Å². The Hall–Kier alpha value is -1.70. The van der Waals surface area contributed by atoms with Crippen molar-refractivity contribution in [2.24, 2.45) is 17.8 Å². The van der Waals surface area contributed by atoms with Gasteiger partial charge < -0.3 is 0 Å². The lowest BCUT2D eigenvalue weighted by Gasteiger charge is -2.20. The Bertz CT molecular complexity index is 658. The van der Waals surface area contributed by atoms with Crippen molar-refractivity contribution in [1.29, 1.82) is 0 Å². The minimum absolute atomic E-state index is 0.334. The van der Waals surface area contributed by atoms with E-state index in [1.807, 2.05) is 30.5 Å². The molecule has 0 radical (unpaired) electrons. The number of hydrogen-bond donors (Lipinski definition) is 0. The quantitative estimate of drug-likeness (QED) is 0.845. The van der Waals surface area contributed by atoms with E-state index >= 15 is 0 Å². The Morgan fingerprint density at radius 1 is 1.15 bits per heavy atom. The highest BCUT2D eigenvalue weighted by Gasteiger charge is 2.42. The lowest BCUT2D eigenvalue weighted by atomic mass is 9.83. The molecule has 2 fully saturated rings. The van der Waals surface area contributed by atoms with E-state index in [2.05, 4.69) is 11.1 Å². The van der Waals surface area contributed by atoms with E-state index in [0.717, 1.165) is 28.8 Å². The van der Waals surface area contributed by atoms with Crippen molar-refractivity contribution in [2.75, 3.05) is 0 Å². The van der Waals surface area contributed by atoms with Gasteiger partial charge >= 0.3 is 0 Å². The van der Waals surface area contributed by atoms with Gasteiger partial charge in [0.25, 0.3) is 0 Å². The Labute approximate surface area is 119 Å². The first-order valence-corrected chi connectivity index (χ1v) is 7.66. The molecule has 3 atom stereocenters. The smallest absolute Gasteiger partial charge is 0.140 e. The molecule has 3 unspecified atom stereocenters. The third kappa shape index (κ3) is 1.94. The van der Waals surface area contributed by atoms with Gasteiger partial charge in [-0.1, -0.05) is 24.6 Å². The largest absolute Gasteiger partial charge is 0.299 e. The number of hydrogen-bond acceptors (Lipinski definition) is 2. The maximum absolute atomic E-state index is 12.6. The van der Waals surface area contributed by atoms with Gasteiger partial charge in [0.2, 0.25) is 0 Å². The zero-order valence-corrected chi connectivity index (χ0v) is 11.6. The third-order valence-electron chi connectivity index (χ3n) is 5.26. The molecule has 1 heterocycles. The number of aromatic nitrogens is 1. The van der Waals surface area contributed by atoms with Crippen molar-refractivity contribution in [3.8, 4) is 0 Å². The molecule has 1 aromatic heterocycles. The van der Waals surface area contributed by atoms with E-state index in [1.54, 1.807) is 0 Å². The molecule has 0 spiro atoms. The summed E-state index contributed by atoms with van der Waals surface area (Å²) in [5, 5.41) is 1.13. The van der Waals surface area contributed by atoms with E-state index in [0.29, 0.717) is 24.0 Å². The second-order valence-corrected chi connectivity index (χ2v) is 6.41. The van der Waals surface area contributed by atoms with Crippen LogP contribution in [0.5, 0.6) is 0 Å². The monoisotopic (exact) mass is 265 g/mol. The van der Waals surface area contributed by atoms with Crippen LogP contribution in [0.25, 0.3) is 10.9 Å². The lowest BCUT2D eigenvalue weighted by molar-refractivity contribution is -0.123. The van der Waals surface area contributed by atoms with Crippen LogP contribution in [-0.2, 0) is 11.2 Å². The first kappa shape index (κ1) is 12.1. The van der Waals surface area contributed by atoms with Gasteiger partial charge in [-0.15, -0.1) is 0 Å². The molecule has 102 valence electrons. The molecule has 20 heavy (non-hydrogen) atoms. The van der Waals surface area contributed by atoms with Gasteiger partial charge in [-0.3, -0.25) is 9.78 Å². The molecule has 2 aliphatic carbocycles. The van der Waals surface area contributed by atoms with Gasteiger partial charge in [-0.25, -0.2) is 0 Å². The second-order valence-electron chi connectivity index (χ2n) is 6.41.